The third-order valence-corrected chi connectivity index (χ3v) is 6.93. The van der Waals surface area contributed by atoms with Crippen LogP contribution in [-0.2, 0) is 27.9 Å². The maximum absolute atomic E-state index is 15.0. The Morgan fingerprint density at radius 1 is 1.04 bits per heavy atom. The molecule has 45 heavy (non-hydrogen) atoms. The van der Waals surface area contributed by atoms with Crippen molar-refractivity contribution in [2.45, 2.75) is 96.1 Å². The van der Waals surface area contributed by atoms with Crippen molar-refractivity contribution in [3.05, 3.63) is 58.0 Å². The molecule has 1 aromatic carbocycles. The minimum atomic E-state index is -5.08. The van der Waals surface area contributed by atoms with Gasteiger partial charge in [0.2, 0.25) is 5.60 Å². The van der Waals surface area contributed by atoms with Crippen LogP contribution in [0.15, 0.2) is 45.4 Å². The predicted octanol–water partition coefficient (Wildman–Crippen LogP) is 8.57. The third-order valence-electron chi connectivity index (χ3n) is 6.33. The molecule has 0 saturated carbocycles. The van der Waals surface area contributed by atoms with E-state index >= 15 is 0 Å². The first-order chi connectivity index (χ1) is 20.8. The number of hydrogen-bond donors (Lipinski definition) is 2. The fourth-order valence-electron chi connectivity index (χ4n) is 4.20. The summed E-state index contributed by atoms with van der Waals surface area (Å²) in [6.07, 6.45) is -11.3. The second-order valence-electron chi connectivity index (χ2n) is 11.3. The van der Waals surface area contributed by atoms with Crippen LogP contribution in [0.1, 0.15) is 76.8 Å². The normalized spacial score (nSPS) is 14.6. The first-order valence-electron chi connectivity index (χ1n) is 13.9. The van der Waals surface area contributed by atoms with E-state index in [-0.39, 0.29) is 6.42 Å². The number of ether oxygens (including phenoxy) is 2. The summed E-state index contributed by atoms with van der Waals surface area (Å²) in [6, 6.07) is 8.60. The molecule has 2 atom stereocenters. The number of aliphatic hydroxyl groups excluding tert-OH is 1. The highest BCUT2D eigenvalue weighted by Gasteiger charge is 2.61. The Kier molecular flexibility index (Phi) is 11.6. The molecule has 0 spiro atoms. The van der Waals surface area contributed by atoms with E-state index in [1.807, 2.05) is 0 Å². The van der Waals surface area contributed by atoms with Crippen molar-refractivity contribution in [1.82, 2.24) is 15.2 Å². The van der Waals surface area contributed by atoms with E-state index in [9.17, 15) is 36.2 Å². The minimum absolute atomic E-state index is 0.00569. The lowest BCUT2D eigenvalue weighted by Crippen LogP contribution is -2.45. The molecule has 9 nitrogen and oxygen atoms in total. The van der Waals surface area contributed by atoms with Crippen molar-refractivity contribution in [3.63, 3.8) is 0 Å². The highest BCUT2D eigenvalue weighted by atomic mass is 79.9. The lowest BCUT2D eigenvalue weighted by atomic mass is 9.94. The SMILES string of the molecule is C[C@@H](O)CCCCC[C@@](OCc1ccccc1)(c1nnc(-c2nc(Br)c(C(F)(F)F)cc2NC(=O)OC(C)(C)C)o1)C(F)(F)F. The number of nitrogens with one attached hydrogen (secondary N) is 1. The molecule has 0 unspecified atom stereocenters. The Hall–Kier alpha value is -3.24. The van der Waals surface area contributed by atoms with Gasteiger partial charge in [-0.05, 0) is 74.5 Å². The van der Waals surface area contributed by atoms with Gasteiger partial charge in [0.1, 0.15) is 10.2 Å². The van der Waals surface area contributed by atoms with Crippen LogP contribution in [0, 0.1) is 0 Å². The number of rotatable bonds is 12. The summed E-state index contributed by atoms with van der Waals surface area (Å²) in [7, 11) is 0. The van der Waals surface area contributed by atoms with Gasteiger partial charge in [-0.3, -0.25) is 5.32 Å². The maximum Gasteiger partial charge on any atom is 0.426 e. The van der Waals surface area contributed by atoms with Crippen LogP contribution in [0.4, 0.5) is 36.8 Å². The predicted molar refractivity (Wildman–Crippen MR) is 154 cm³/mol. The van der Waals surface area contributed by atoms with E-state index in [2.05, 4.69) is 36.4 Å². The summed E-state index contributed by atoms with van der Waals surface area (Å²) in [5, 5.41) is 19.0. The molecule has 0 aliphatic rings. The smallest absolute Gasteiger partial charge is 0.426 e. The molecule has 2 N–H and O–H groups in total. The molecule has 0 radical (unpaired) electrons. The zero-order chi connectivity index (χ0) is 33.6. The highest BCUT2D eigenvalue weighted by Crippen LogP contribution is 2.47. The number of nitrogens with zero attached hydrogens (tertiary/aromatic N) is 3. The summed E-state index contributed by atoms with van der Waals surface area (Å²) in [5.41, 5.74) is -6.15. The van der Waals surface area contributed by atoms with Crippen LogP contribution in [0.2, 0.25) is 0 Å². The molecule has 0 saturated heterocycles. The summed E-state index contributed by atoms with van der Waals surface area (Å²) in [5.74, 6) is -1.71. The Morgan fingerprint density at radius 3 is 2.29 bits per heavy atom. The minimum Gasteiger partial charge on any atom is -0.444 e. The number of aromatic nitrogens is 3. The zero-order valence-electron chi connectivity index (χ0n) is 24.9. The van der Waals surface area contributed by atoms with Crippen LogP contribution < -0.4 is 5.32 Å². The second kappa shape index (κ2) is 14.5. The zero-order valence-corrected chi connectivity index (χ0v) is 26.4. The number of pyridine rings is 1. The summed E-state index contributed by atoms with van der Waals surface area (Å²) in [4.78, 5) is 16.3. The number of alkyl halides is 6. The second-order valence-corrected chi connectivity index (χ2v) is 12.1. The molecular formula is C29H33BrF6N4O5. The average molecular weight is 711 g/mol. The number of carbonyl (C=O) groups excluding carboxylic acids is 1. The third kappa shape index (κ3) is 9.87. The largest absolute Gasteiger partial charge is 0.444 e. The van der Waals surface area contributed by atoms with Gasteiger partial charge in [0.15, 0.2) is 5.69 Å². The van der Waals surface area contributed by atoms with Gasteiger partial charge in [-0.1, -0.05) is 43.2 Å². The number of benzene rings is 1. The number of carbonyl (C=O) groups is 1. The van der Waals surface area contributed by atoms with Gasteiger partial charge in [0.05, 0.1) is 24.0 Å². The Balaban J connectivity index is 2.09. The molecule has 0 aliphatic carbocycles. The molecule has 0 fully saturated rings. The lowest BCUT2D eigenvalue weighted by Gasteiger charge is -2.32. The van der Waals surface area contributed by atoms with Gasteiger partial charge in [0, 0.05) is 0 Å². The molecule has 16 heteroatoms. The summed E-state index contributed by atoms with van der Waals surface area (Å²) < 4.78 is 101. The first-order valence-corrected chi connectivity index (χ1v) is 14.7. The summed E-state index contributed by atoms with van der Waals surface area (Å²) >= 11 is 2.73. The van der Waals surface area contributed by atoms with E-state index in [0.717, 1.165) is 0 Å². The van der Waals surface area contributed by atoms with Crippen LogP contribution in [-0.4, -0.2) is 44.3 Å². The molecule has 2 aromatic heterocycles. The van der Waals surface area contributed by atoms with Gasteiger partial charge in [-0.25, -0.2) is 9.78 Å². The van der Waals surface area contributed by atoms with Gasteiger partial charge in [0.25, 0.3) is 11.8 Å². The quantitative estimate of drug-likeness (QED) is 0.109. The van der Waals surface area contributed by atoms with Gasteiger partial charge in [-0.15, -0.1) is 10.2 Å². The first kappa shape index (κ1) is 36.2. The topological polar surface area (TPSA) is 120 Å². The molecule has 3 aromatic rings. The highest BCUT2D eigenvalue weighted by molar-refractivity contribution is 9.10. The van der Waals surface area contributed by atoms with Gasteiger partial charge >= 0.3 is 18.4 Å². The molecule has 248 valence electrons. The van der Waals surface area contributed by atoms with E-state index in [1.54, 1.807) is 37.3 Å². The van der Waals surface area contributed by atoms with Crippen molar-refractivity contribution < 1.29 is 50.1 Å². The van der Waals surface area contributed by atoms with E-state index in [0.29, 0.717) is 30.9 Å². The van der Waals surface area contributed by atoms with Crippen LogP contribution in [0.5, 0.6) is 0 Å². The van der Waals surface area contributed by atoms with Gasteiger partial charge < -0.3 is 19.0 Å². The molecule has 1 amide bonds. The van der Waals surface area contributed by atoms with Crippen molar-refractivity contribution in [1.29, 1.82) is 0 Å². The average Bonchev–Trinajstić information content (AvgIpc) is 3.39. The standard InChI is InChI=1S/C29H33BrF6N4O5/c1-17(41)11-7-6-10-14-27(29(34,35)36,43-16-18-12-8-5-9-13-18)24-40-39-23(44-24)21-20(37-25(42)45-26(2,3)4)15-19(22(30)38-21)28(31,32)33/h5,8-9,12-13,15,17,41H,6-7,10-11,14,16H2,1-4H3,(H,37,42)/t17-,27-/m1/s1. The fraction of sp³-hybridized carbons (Fsp3) is 0.517. The summed E-state index contributed by atoms with van der Waals surface area (Å²) in [6.45, 7) is 5.66. The van der Waals surface area contributed by atoms with E-state index in [1.165, 1.54) is 20.8 Å². The molecule has 0 bridgehead atoms. The molecule has 2 heterocycles. The van der Waals surface area contributed by atoms with Crippen molar-refractivity contribution in [2.75, 3.05) is 5.32 Å². The molecular weight excluding hydrogens is 678 g/mol. The Morgan fingerprint density at radius 2 is 1.71 bits per heavy atom. The van der Waals surface area contributed by atoms with Crippen molar-refractivity contribution in [2.24, 2.45) is 0 Å². The van der Waals surface area contributed by atoms with Gasteiger partial charge in [-0.2, -0.15) is 26.3 Å². The maximum atomic E-state index is 15.0. The monoisotopic (exact) mass is 710 g/mol. The molecule has 0 aliphatic heterocycles. The fourth-order valence-corrected chi connectivity index (χ4v) is 4.72. The number of hydrogen-bond acceptors (Lipinski definition) is 8. The van der Waals surface area contributed by atoms with Crippen LogP contribution >= 0.6 is 15.9 Å². The van der Waals surface area contributed by atoms with E-state index < -0.39 is 82.1 Å². The van der Waals surface area contributed by atoms with Crippen LogP contribution in [0.25, 0.3) is 11.6 Å². The number of amides is 1. The molecule has 3 rings (SSSR count). The number of anilines is 1. The number of aliphatic hydroxyl groups is 1. The number of unbranched alkanes of at least 4 members (excludes halogenated alkanes) is 2. The number of halogens is 7. The Bertz CT molecular complexity index is 1430. The van der Waals surface area contributed by atoms with Crippen molar-refractivity contribution in [3.8, 4) is 11.6 Å². The van der Waals surface area contributed by atoms with E-state index in [4.69, 9.17) is 13.9 Å². The van der Waals surface area contributed by atoms with Crippen LogP contribution in [0.3, 0.4) is 0 Å². The lowest BCUT2D eigenvalue weighted by molar-refractivity contribution is -0.300. The Labute approximate surface area is 263 Å². The van der Waals surface area contributed by atoms with Crippen molar-refractivity contribution >= 4 is 27.7 Å².